The summed E-state index contributed by atoms with van der Waals surface area (Å²) in [5, 5.41) is 3.06. The van der Waals surface area contributed by atoms with Gasteiger partial charge in [-0.15, -0.1) is 13.2 Å². The van der Waals surface area contributed by atoms with Crippen molar-refractivity contribution in [1.82, 2.24) is 14.9 Å². The molecule has 104 valence electrons. The van der Waals surface area contributed by atoms with Crippen LogP contribution in [0.2, 0.25) is 0 Å². The molecule has 1 rings (SSSR count). The Bertz CT molecular complexity index is 341. The van der Waals surface area contributed by atoms with Gasteiger partial charge in [0.15, 0.2) is 0 Å². The van der Waals surface area contributed by atoms with Gasteiger partial charge >= 0.3 is 6.36 Å². The Kier molecular flexibility index (Phi) is 6.10. The van der Waals surface area contributed by atoms with E-state index in [1.54, 1.807) is 24.1 Å². The van der Waals surface area contributed by atoms with E-state index in [2.05, 4.69) is 15.0 Å². The molecule has 0 atom stereocenters. The molecule has 1 aromatic heterocycles. The Morgan fingerprint density at radius 1 is 1.39 bits per heavy atom. The fraction of sp³-hybridized carbons (Fsp3) is 0.700. The minimum atomic E-state index is -4.59. The van der Waals surface area contributed by atoms with Gasteiger partial charge in [0.2, 0.25) is 0 Å². The molecule has 18 heavy (non-hydrogen) atoms. The van der Waals surface area contributed by atoms with Crippen LogP contribution in [-0.4, -0.2) is 42.8 Å². The van der Waals surface area contributed by atoms with E-state index in [-0.39, 0.29) is 6.54 Å². The summed E-state index contributed by atoms with van der Waals surface area (Å²) in [5.41, 5.74) is 0. The smallest absolute Gasteiger partial charge is 0.383 e. The molecule has 0 fully saturated rings. The van der Waals surface area contributed by atoms with Crippen molar-refractivity contribution in [3.05, 3.63) is 18.2 Å². The van der Waals surface area contributed by atoms with E-state index >= 15 is 0 Å². The van der Waals surface area contributed by atoms with Gasteiger partial charge in [-0.25, -0.2) is 4.98 Å². The summed E-state index contributed by atoms with van der Waals surface area (Å²) in [5.74, 6) is 0.664. The average molecular weight is 267 g/mol. The fourth-order valence-corrected chi connectivity index (χ4v) is 1.34. The Labute approximate surface area is 103 Å². The molecule has 5 nitrogen and oxygen atoms in total. The highest BCUT2D eigenvalue weighted by atomic mass is 19.4. The lowest BCUT2D eigenvalue weighted by Gasteiger charge is -2.10. The fourth-order valence-electron chi connectivity index (χ4n) is 1.34. The van der Waals surface area contributed by atoms with Gasteiger partial charge in [0.25, 0.3) is 0 Å². The van der Waals surface area contributed by atoms with Crippen molar-refractivity contribution in [2.24, 2.45) is 0 Å². The zero-order chi connectivity index (χ0) is 13.4. The molecular weight excluding hydrogens is 251 g/mol. The van der Waals surface area contributed by atoms with Crippen molar-refractivity contribution >= 4 is 0 Å². The van der Waals surface area contributed by atoms with Gasteiger partial charge in [-0.2, -0.15) is 0 Å². The summed E-state index contributed by atoms with van der Waals surface area (Å²) in [6.45, 7) is 1.38. The summed E-state index contributed by atoms with van der Waals surface area (Å²) in [6, 6.07) is 0. The number of halogens is 3. The van der Waals surface area contributed by atoms with Crippen LogP contribution in [0.25, 0.3) is 0 Å². The molecule has 0 aromatic carbocycles. The maximum Gasteiger partial charge on any atom is 0.522 e. The van der Waals surface area contributed by atoms with Gasteiger partial charge in [-0.1, -0.05) is 0 Å². The van der Waals surface area contributed by atoms with E-state index in [0.717, 1.165) is 0 Å². The number of nitrogens with zero attached hydrogens (tertiary/aromatic N) is 2. The van der Waals surface area contributed by atoms with Crippen LogP contribution in [0.4, 0.5) is 13.2 Å². The second-order valence-corrected chi connectivity index (χ2v) is 3.50. The summed E-state index contributed by atoms with van der Waals surface area (Å²) in [7, 11) is 1.59. The summed E-state index contributed by atoms with van der Waals surface area (Å²) < 4.78 is 45.6. The van der Waals surface area contributed by atoms with E-state index in [9.17, 15) is 13.2 Å². The van der Waals surface area contributed by atoms with Crippen molar-refractivity contribution in [3.8, 4) is 0 Å². The van der Waals surface area contributed by atoms with Crippen molar-refractivity contribution < 1.29 is 22.6 Å². The van der Waals surface area contributed by atoms with E-state index in [1.807, 2.05) is 0 Å². The monoisotopic (exact) mass is 267 g/mol. The molecule has 0 spiro atoms. The zero-order valence-electron chi connectivity index (χ0n) is 10.0. The molecule has 1 N–H and O–H groups in total. The highest BCUT2D eigenvalue weighted by Gasteiger charge is 2.28. The van der Waals surface area contributed by atoms with Crippen LogP contribution in [-0.2, 0) is 22.6 Å². The molecule has 0 bridgehead atoms. The highest BCUT2D eigenvalue weighted by molar-refractivity contribution is 4.91. The van der Waals surface area contributed by atoms with E-state index in [0.29, 0.717) is 25.5 Å². The second-order valence-electron chi connectivity index (χ2n) is 3.50. The molecular formula is C10H16F3N3O2. The van der Waals surface area contributed by atoms with Crippen LogP contribution in [0, 0.1) is 0 Å². The molecule has 0 saturated heterocycles. The minimum absolute atomic E-state index is 0.112. The molecule has 0 saturated carbocycles. The van der Waals surface area contributed by atoms with E-state index < -0.39 is 13.0 Å². The molecule has 0 amide bonds. The maximum absolute atomic E-state index is 11.8. The zero-order valence-corrected chi connectivity index (χ0v) is 10.0. The van der Waals surface area contributed by atoms with Gasteiger partial charge in [-0.3, -0.25) is 4.74 Å². The highest BCUT2D eigenvalue weighted by Crippen LogP contribution is 2.15. The lowest BCUT2D eigenvalue weighted by molar-refractivity contribution is -0.325. The van der Waals surface area contributed by atoms with Crippen LogP contribution < -0.4 is 5.32 Å². The first-order chi connectivity index (χ1) is 8.53. The SMILES string of the molecule is COCCNCc1nccn1CCOC(F)(F)F. The summed E-state index contributed by atoms with van der Waals surface area (Å²) in [6.07, 6.45) is -1.43. The van der Waals surface area contributed by atoms with E-state index in [4.69, 9.17) is 4.74 Å². The van der Waals surface area contributed by atoms with Gasteiger partial charge in [0.1, 0.15) is 5.82 Å². The third-order valence-corrected chi connectivity index (χ3v) is 2.17. The number of hydrogen-bond donors (Lipinski definition) is 1. The van der Waals surface area contributed by atoms with Gasteiger partial charge < -0.3 is 14.6 Å². The normalized spacial score (nSPS) is 12.0. The Balaban J connectivity index is 2.31. The first kappa shape index (κ1) is 14.9. The van der Waals surface area contributed by atoms with Crippen molar-refractivity contribution in [2.45, 2.75) is 19.5 Å². The second kappa shape index (κ2) is 7.34. The molecule has 1 heterocycles. The number of methoxy groups -OCH3 is 1. The lowest BCUT2D eigenvalue weighted by Crippen LogP contribution is -2.22. The molecule has 0 unspecified atom stereocenters. The number of rotatable bonds is 8. The van der Waals surface area contributed by atoms with Gasteiger partial charge in [0, 0.05) is 32.6 Å². The molecule has 1 aromatic rings. The third kappa shape index (κ3) is 5.99. The number of imidazole rings is 1. The Hall–Kier alpha value is -1.12. The van der Waals surface area contributed by atoms with Gasteiger partial charge in [-0.05, 0) is 0 Å². The van der Waals surface area contributed by atoms with Crippen molar-refractivity contribution in [1.29, 1.82) is 0 Å². The number of hydrogen-bond acceptors (Lipinski definition) is 4. The predicted molar refractivity (Wildman–Crippen MR) is 57.8 cm³/mol. The van der Waals surface area contributed by atoms with Crippen molar-refractivity contribution in [3.63, 3.8) is 0 Å². The topological polar surface area (TPSA) is 48.3 Å². The van der Waals surface area contributed by atoms with Crippen LogP contribution in [0.1, 0.15) is 5.82 Å². The van der Waals surface area contributed by atoms with Crippen LogP contribution in [0.3, 0.4) is 0 Å². The number of nitrogens with one attached hydrogen (secondary N) is 1. The maximum atomic E-state index is 11.8. The minimum Gasteiger partial charge on any atom is -0.383 e. The Morgan fingerprint density at radius 3 is 2.83 bits per heavy atom. The number of alkyl halides is 3. The Morgan fingerprint density at radius 2 is 2.17 bits per heavy atom. The van der Waals surface area contributed by atoms with E-state index in [1.165, 1.54) is 0 Å². The standard InChI is InChI=1S/C10H16F3N3O2/c1-17-6-3-14-8-9-15-2-4-16(9)5-7-18-10(11,12)13/h2,4,14H,3,5-8H2,1H3. The molecule has 0 aliphatic carbocycles. The van der Waals surface area contributed by atoms with Gasteiger partial charge in [0.05, 0.1) is 19.8 Å². The van der Waals surface area contributed by atoms with Crippen LogP contribution in [0.15, 0.2) is 12.4 Å². The number of aromatic nitrogens is 2. The number of ether oxygens (including phenoxy) is 2. The molecule has 0 radical (unpaired) electrons. The molecule has 0 aliphatic rings. The first-order valence-electron chi connectivity index (χ1n) is 5.43. The quantitative estimate of drug-likeness (QED) is 0.718. The lowest BCUT2D eigenvalue weighted by atomic mass is 10.5. The van der Waals surface area contributed by atoms with Crippen molar-refractivity contribution in [2.75, 3.05) is 26.9 Å². The summed E-state index contributed by atoms with van der Waals surface area (Å²) in [4.78, 5) is 4.05. The van der Waals surface area contributed by atoms with Crippen LogP contribution in [0.5, 0.6) is 0 Å². The molecule has 0 aliphatic heterocycles. The predicted octanol–water partition coefficient (Wildman–Crippen LogP) is 1.16. The third-order valence-electron chi connectivity index (χ3n) is 2.17. The molecule has 8 heteroatoms. The van der Waals surface area contributed by atoms with Crippen LogP contribution >= 0.6 is 0 Å². The summed E-state index contributed by atoms with van der Waals surface area (Å²) >= 11 is 0. The average Bonchev–Trinajstić information content (AvgIpc) is 2.71. The first-order valence-corrected chi connectivity index (χ1v) is 5.43. The largest absolute Gasteiger partial charge is 0.522 e.